The Morgan fingerprint density at radius 3 is 1.45 bits per heavy atom. The quantitative estimate of drug-likeness (QED) is 0.117. The van der Waals surface area contributed by atoms with Gasteiger partial charge in [0.2, 0.25) is 65.0 Å². The van der Waals surface area contributed by atoms with Crippen molar-refractivity contribution in [3.05, 3.63) is 71.8 Å². The molecule has 0 aromatic heterocycles. The molecular weight excluding hydrogens is 1370 g/mol. The lowest BCUT2D eigenvalue weighted by Gasteiger charge is -2.39. The Hall–Kier alpha value is -7.80. The summed E-state index contributed by atoms with van der Waals surface area (Å²) < 4.78 is 52.7. The van der Waals surface area contributed by atoms with Gasteiger partial charge >= 0.3 is 6.18 Å². The fourth-order valence-corrected chi connectivity index (χ4v) is 12.5. The largest absolute Gasteiger partial charge is 0.416 e. The molecule has 0 bridgehead atoms. The van der Waals surface area contributed by atoms with E-state index < -0.39 is 189 Å². The Balaban J connectivity index is 2.00. The minimum atomic E-state index is -5.16. The van der Waals surface area contributed by atoms with Crippen LogP contribution in [0, 0.1) is 23.7 Å². The molecule has 30 heteroatoms. The number of benzene rings is 2. The van der Waals surface area contributed by atoms with Gasteiger partial charge in [-0.05, 0) is 108 Å². The average Bonchev–Trinajstić information content (AvgIpc) is 0.815. The third kappa shape index (κ3) is 27.5. The summed E-state index contributed by atoms with van der Waals surface area (Å²) >= 11 is 0. The molecule has 2 unspecified atom stereocenters. The van der Waals surface area contributed by atoms with Crippen LogP contribution in [0.5, 0.6) is 0 Å². The number of alkyl halides is 3. The number of hydrogen-bond acceptors (Lipinski definition) is 16. The minimum absolute atomic E-state index is 0.0126. The van der Waals surface area contributed by atoms with Crippen LogP contribution in [0.2, 0.25) is 0 Å². The molecule has 105 heavy (non-hydrogen) atoms. The van der Waals surface area contributed by atoms with Crippen molar-refractivity contribution in [2.24, 2.45) is 23.7 Å². The molecule has 2 aliphatic rings. The third-order valence-corrected chi connectivity index (χ3v) is 19.3. The van der Waals surface area contributed by atoms with E-state index in [0.29, 0.717) is 43.5 Å². The summed E-state index contributed by atoms with van der Waals surface area (Å²) in [7, 11) is 9.42. The van der Waals surface area contributed by atoms with Gasteiger partial charge in [0.15, 0.2) is 6.10 Å². The standard InChI is InChI=1S/C75H119F3N12O15/c1-19-49(8)64-73(103)84(13)42-63(94)86(15)59(39-51-31-25-21-26-32-51)72(102)89(18)56(36-47(4)5)66(96)81-54(44-105-74(9,10)11)70(100)87(16)55(35-46(2)3)65(95)79-52(71(101)90-33-27-22-28-34-90)40-61(92)83(12)41-62(93)85(14)58(38-50-29-23-20-24-30-50)67(97)80-53(43-104-45-60(91)75(76,77)78)69(99)88(17)57(37-48(6)7)68(98)82-64/h20-21,23-26,29-32,46-49,52-60,63-64,91,94H,19,22,27-28,33-45H2,1-18H3,(H,79,95)(H,80,97)(H,81,96)(H,82,98)/t49-,52-,53-,54-,55-,56-,57-,58-,59-,60?,63?,64-/m0/s1. The number of likely N-dealkylation sites (tertiary alicyclic amines) is 1. The van der Waals surface area contributed by atoms with Gasteiger partial charge < -0.3 is 75.3 Å². The number of likely N-dealkylation sites (N-methyl/N-ethyl adjacent to an activating group) is 7. The zero-order valence-corrected chi connectivity index (χ0v) is 64.9. The van der Waals surface area contributed by atoms with E-state index in [2.05, 4.69) is 21.3 Å². The van der Waals surface area contributed by atoms with Gasteiger partial charge in [-0.15, -0.1) is 0 Å². The predicted octanol–water partition coefficient (Wildman–Crippen LogP) is 3.61. The Bertz CT molecular complexity index is 3190. The molecule has 590 valence electrons. The number of nitrogens with one attached hydrogen (secondary N) is 4. The van der Waals surface area contributed by atoms with E-state index in [-0.39, 0.29) is 49.9 Å². The van der Waals surface area contributed by atoms with Gasteiger partial charge in [-0.2, -0.15) is 13.2 Å². The predicted molar refractivity (Wildman–Crippen MR) is 389 cm³/mol. The maximum Gasteiger partial charge on any atom is 0.416 e. The van der Waals surface area contributed by atoms with E-state index >= 15 is 28.8 Å². The summed E-state index contributed by atoms with van der Waals surface area (Å²) in [6.07, 6.45) is -8.35. The van der Waals surface area contributed by atoms with Crippen LogP contribution in [-0.2, 0) is 75.1 Å². The van der Waals surface area contributed by atoms with E-state index in [1.54, 1.807) is 109 Å². The topological polar surface area (TPSA) is 321 Å². The number of carbonyl (C=O) groups is 11. The number of rotatable bonds is 19. The number of aliphatic hydroxyl groups is 2. The van der Waals surface area contributed by atoms with Crippen molar-refractivity contribution < 1.29 is 85.6 Å². The molecule has 0 radical (unpaired) electrons. The van der Waals surface area contributed by atoms with Gasteiger partial charge in [-0.1, -0.05) is 122 Å². The van der Waals surface area contributed by atoms with Gasteiger partial charge in [0.05, 0.1) is 51.0 Å². The van der Waals surface area contributed by atoms with E-state index in [4.69, 9.17) is 9.47 Å². The molecule has 2 heterocycles. The summed E-state index contributed by atoms with van der Waals surface area (Å²) in [4.78, 5) is 175. The first-order chi connectivity index (χ1) is 49.0. The monoisotopic (exact) mass is 1480 g/mol. The number of nitrogens with zero attached hydrogens (tertiary/aromatic N) is 8. The SMILES string of the molecule is CC[C@H](C)[C@@H]1NC(=O)[C@H](CC(C)C)N(C)C(=O)[C@H](COCC(O)C(F)(F)F)NC(=O)[C@H](Cc2ccccc2)N(C)C(=O)CN(C)C(=O)C[C@@H](C(=O)N2CCCCC2)NC(=O)[C@H](CC(C)C)N(C)C(=O)[C@H](COC(C)(C)C)NC(=O)[C@H](CC(C)C)N(C)C(=O)[C@H](Cc2ccccc2)N(C)C(O)CN(C)C1=O. The molecule has 2 aromatic carbocycles. The number of piperidine rings is 1. The second-order valence-electron chi connectivity index (χ2n) is 30.5. The Labute approximate surface area is 618 Å². The molecule has 0 aliphatic carbocycles. The first-order valence-corrected chi connectivity index (χ1v) is 36.5. The molecule has 2 aliphatic heterocycles. The number of β-amino-alcohol motifs (C(OH)–C–C–N with tert-alkyl or cyclic N) is 1. The average molecular weight is 1490 g/mol. The molecule has 2 saturated heterocycles. The van der Waals surface area contributed by atoms with Crippen molar-refractivity contribution in [3.8, 4) is 0 Å². The van der Waals surface area contributed by atoms with Crippen molar-refractivity contribution in [2.75, 3.05) is 95.3 Å². The van der Waals surface area contributed by atoms with Crippen molar-refractivity contribution >= 4 is 65.0 Å². The first-order valence-electron chi connectivity index (χ1n) is 36.5. The highest BCUT2D eigenvalue weighted by Crippen LogP contribution is 2.25. The molecule has 12 atom stereocenters. The Morgan fingerprint density at radius 1 is 0.552 bits per heavy atom. The van der Waals surface area contributed by atoms with Crippen molar-refractivity contribution in [1.29, 1.82) is 0 Å². The van der Waals surface area contributed by atoms with Gasteiger partial charge in [-0.25, -0.2) is 0 Å². The second kappa shape index (κ2) is 41.4. The van der Waals surface area contributed by atoms with Crippen LogP contribution in [0.15, 0.2) is 60.7 Å². The molecule has 0 saturated carbocycles. The third-order valence-electron chi connectivity index (χ3n) is 19.3. The van der Waals surface area contributed by atoms with Gasteiger partial charge in [-0.3, -0.25) is 57.6 Å². The fourth-order valence-electron chi connectivity index (χ4n) is 12.5. The number of halogens is 3. The van der Waals surface area contributed by atoms with Gasteiger partial charge in [0.25, 0.3) is 0 Å². The number of aliphatic hydroxyl groups excluding tert-OH is 2. The first kappa shape index (κ1) is 89.6. The Kier molecular flexibility index (Phi) is 35.3. The van der Waals surface area contributed by atoms with Crippen LogP contribution in [0.1, 0.15) is 139 Å². The van der Waals surface area contributed by atoms with Crippen LogP contribution in [0.4, 0.5) is 13.2 Å². The lowest BCUT2D eigenvalue weighted by molar-refractivity contribution is -0.217. The summed E-state index contributed by atoms with van der Waals surface area (Å²) in [6, 6.07) is 4.06. The van der Waals surface area contributed by atoms with Crippen LogP contribution in [0.25, 0.3) is 0 Å². The summed E-state index contributed by atoms with van der Waals surface area (Å²) in [5, 5.41) is 33.3. The van der Waals surface area contributed by atoms with Crippen LogP contribution >= 0.6 is 0 Å². The van der Waals surface area contributed by atoms with Gasteiger partial charge in [0.1, 0.15) is 54.6 Å². The smallest absolute Gasteiger partial charge is 0.382 e. The normalized spacial score (nSPS) is 25.2. The second-order valence-corrected chi connectivity index (χ2v) is 30.5. The van der Waals surface area contributed by atoms with E-state index in [1.165, 1.54) is 68.9 Å². The van der Waals surface area contributed by atoms with Gasteiger partial charge in [0, 0.05) is 61.8 Å². The molecule has 0 spiro atoms. The fraction of sp³-hybridized carbons (Fsp3) is 0.693. The number of carbonyl (C=O) groups excluding carboxylic acids is 11. The molecular formula is C75H119F3N12O15. The summed E-state index contributed by atoms with van der Waals surface area (Å²) in [5.41, 5.74) is 0.283. The molecule has 27 nitrogen and oxygen atoms in total. The highest BCUT2D eigenvalue weighted by atomic mass is 19.4. The lowest BCUT2D eigenvalue weighted by atomic mass is 9.95. The molecule has 4 rings (SSSR count). The van der Waals surface area contributed by atoms with E-state index in [0.717, 1.165) is 26.0 Å². The van der Waals surface area contributed by atoms with E-state index in [9.17, 15) is 47.4 Å². The maximum atomic E-state index is 15.4. The molecule has 2 aromatic rings. The van der Waals surface area contributed by atoms with Crippen molar-refractivity contribution in [1.82, 2.24) is 60.5 Å². The van der Waals surface area contributed by atoms with Crippen LogP contribution in [0.3, 0.4) is 0 Å². The zero-order valence-electron chi connectivity index (χ0n) is 64.9. The molecule has 6 N–H and O–H groups in total. The van der Waals surface area contributed by atoms with Crippen LogP contribution in [-0.4, -0.2) is 288 Å². The molecule has 2 fully saturated rings. The van der Waals surface area contributed by atoms with E-state index in [1.807, 2.05) is 27.7 Å². The van der Waals surface area contributed by atoms with Crippen molar-refractivity contribution in [3.63, 3.8) is 0 Å². The zero-order chi connectivity index (χ0) is 79.1. The highest BCUT2D eigenvalue weighted by Gasteiger charge is 2.44. The maximum absolute atomic E-state index is 15.4. The van der Waals surface area contributed by atoms with Crippen LogP contribution < -0.4 is 21.3 Å². The summed E-state index contributed by atoms with van der Waals surface area (Å²) in [5.74, 6) is -10.4. The molecule has 11 amide bonds. The minimum Gasteiger partial charge on any atom is -0.382 e. The summed E-state index contributed by atoms with van der Waals surface area (Å²) in [6.45, 7) is 16.1. The number of hydrogen-bond donors (Lipinski definition) is 6. The Morgan fingerprint density at radius 2 is 0.990 bits per heavy atom. The highest BCUT2D eigenvalue weighted by molar-refractivity contribution is 5.99. The lowest BCUT2D eigenvalue weighted by Crippen LogP contribution is -2.62. The van der Waals surface area contributed by atoms with Crippen molar-refractivity contribution in [2.45, 2.75) is 219 Å². The number of ether oxygens (including phenoxy) is 2. The number of amides is 11.